The summed E-state index contributed by atoms with van der Waals surface area (Å²) in [5.74, 6) is -3.28. The maximum atomic E-state index is 13.0. The zero-order valence-electron chi connectivity index (χ0n) is 10.5. The molecule has 0 fully saturated rings. The average Bonchev–Trinajstić information content (AvgIpc) is 2.36. The third-order valence-corrected chi connectivity index (χ3v) is 2.94. The first-order valence-electron chi connectivity index (χ1n) is 5.76. The van der Waals surface area contributed by atoms with Gasteiger partial charge < -0.3 is 0 Å². The maximum Gasteiger partial charge on any atom is 0.402 e. The highest BCUT2D eigenvalue weighted by Gasteiger charge is 2.47. The van der Waals surface area contributed by atoms with Gasteiger partial charge in [0.2, 0.25) is 0 Å². The molecule has 20 heavy (non-hydrogen) atoms. The lowest BCUT2D eigenvalue weighted by Gasteiger charge is -2.24. The molecule has 2 nitrogen and oxygen atoms in total. The van der Waals surface area contributed by atoms with Gasteiger partial charge in [0.05, 0.1) is 11.6 Å². The zero-order chi connectivity index (χ0) is 14.9. The van der Waals surface area contributed by atoms with Gasteiger partial charge in [-0.05, 0) is 35.8 Å². The highest BCUT2D eigenvalue weighted by molar-refractivity contribution is 6.01. The van der Waals surface area contributed by atoms with Crippen LogP contribution >= 0.6 is 0 Å². The van der Waals surface area contributed by atoms with Crippen LogP contribution in [0, 0.1) is 23.3 Å². The molecule has 0 saturated heterocycles. The summed E-state index contributed by atoms with van der Waals surface area (Å²) in [6.45, 7) is 1.52. The fraction of sp³-hybridized carbons (Fsp3) is 0.200. The Morgan fingerprint density at radius 2 is 1.85 bits per heavy atom. The quantitative estimate of drug-likeness (QED) is 0.788. The van der Waals surface area contributed by atoms with Gasteiger partial charge in [-0.2, -0.15) is 18.4 Å². The molecule has 5 heteroatoms. The van der Waals surface area contributed by atoms with Crippen molar-refractivity contribution in [3.8, 4) is 6.07 Å². The van der Waals surface area contributed by atoms with Crippen LogP contribution in [0.15, 0.2) is 35.9 Å². The van der Waals surface area contributed by atoms with E-state index in [0.717, 1.165) is 0 Å². The first-order valence-corrected chi connectivity index (χ1v) is 5.76. The molecular formula is C15H9F3NO. The van der Waals surface area contributed by atoms with Crippen LogP contribution in [0.1, 0.15) is 18.1 Å². The molecule has 1 aliphatic rings. The lowest BCUT2D eigenvalue weighted by Crippen LogP contribution is -2.32. The summed E-state index contributed by atoms with van der Waals surface area (Å²) in [4.78, 5) is 11.6. The molecule has 0 bridgehead atoms. The van der Waals surface area contributed by atoms with Gasteiger partial charge in [-0.3, -0.25) is 4.79 Å². The molecule has 1 atom stereocenters. The zero-order valence-corrected chi connectivity index (χ0v) is 10.5. The number of allylic oxidation sites excluding steroid dienone is 4. The minimum absolute atomic E-state index is 0.108. The lowest BCUT2D eigenvalue weighted by atomic mass is 9.83. The van der Waals surface area contributed by atoms with Gasteiger partial charge in [0.15, 0.2) is 5.78 Å². The van der Waals surface area contributed by atoms with Crippen LogP contribution in [0.5, 0.6) is 0 Å². The molecule has 0 N–H and O–H groups in total. The van der Waals surface area contributed by atoms with Crippen LogP contribution < -0.4 is 0 Å². The fourth-order valence-corrected chi connectivity index (χ4v) is 2.07. The molecule has 0 aliphatic heterocycles. The number of nitriles is 1. The summed E-state index contributed by atoms with van der Waals surface area (Å²) in [6.07, 6.45) is -1.17. The third-order valence-electron chi connectivity index (χ3n) is 2.94. The van der Waals surface area contributed by atoms with E-state index in [-0.39, 0.29) is 11.1 Å². The van der Waals surface area contributed by atoms with E-state index in [9.17, 15) is 18.0 Å². The van der Waals surface area contributed by atoms with Crippen LogP contribution in [-0.4, -0.2) is 12.0 Å². The van der Waals surface area contributed by atoms with Gasteiger partial charge in [0.1, 0.15) is 5.92 Å². The first kappa shape index (κ1) is 14.1. The van der Waals surface area contributed by atoms with E-state index in [1.807, 2.05) is 6.07 Å². The van der Waals surface area contributed by atoms with Crippen LogP contribution in [-0.2, 0) is 4.79 Å². The number of carbonyl (C=O) groups excluding carboxylic acids is 1. The molecule has 1 aliphatic carbocycles. The van der Waals surface area contributed by atoms with Crippen LogP contribution in [0.4, 0.5) is 13.2 Å². The minimum Gasteiger partial charge on any atom is -0.293 e. The van der Waals surface area contributed by atoms with Gasteiger partial charge in [-0.15, -0.1) is 0 Å². The molecule has 0 unspecified atom stereocenters. The molecule has 0 saturated carbocycles. The summed E-state index contributed by atoms with van der Waals surface area (Å²) in [7, 11) is 0. The molecule has 1 aromatic carbocycles. The molecule has 0 aromatic heterocycles. The Morgan fingerprint density at radius 3 is 2.35 bits per heavy atom. The highest BCUT2D eigenvalue weighted by atomic mass is 19.4. The van der Waals surface area contributed by atoms with Crippen LogP contribution in [0.2, 0.25) is 0 Å². The summed E-state index contributed by atoms with van der Waals surface area (Å²) in [6, 6.07) is 7.56. The second-order valence-electron chi connectivity index (χ2n) is 4.44. The SMILES string of the molecule is CC1=[C]C(=O)[C@H](C(F)(F)F)C(c2ccc(C#N)cc2)=C1. The molecule has 0 amide bonds. The van der Waals surface area contributed by atoms with Crippen molar-refractivity contribution in [1.82, 2.24) is 0 Å². The Hall–Kier alpha value is -2.35. The highest BCUT2D eigenvalue weighted by Crippen LogP contribution is 2.40. The smallest absolute Gasteiger partial charge is 0.293 e. The van der Waals surface area contributed by atoms with E-state index in [0.29, 0.717) is 11.1 Å². The monoisotopic (exact) mass is 276 g/mol. The van der Waals surface area contributed by atoms with Crippen LogP contribution in [0.25, 0.3) is 5.57 Å². The van der Waals surface area contributed by atoms with Crippen molar-refractivity contribution in [2.45, 2.75) is 13.1 Å². The molecular weight excluding hydrogens is 267 g/mol. The van der Waals surface area contributed by atoms with Gasteiger partial charge in [0.25, 0.3) is 0 Å². The van der Waals surface area contributed by atoms with E-state index < -0.39 is 17.9 Å². The van der Waals surface area contributed by atoms with E-state index in [4.69, 9.17) is 5.26 Å². The summed E-state index contributed by atoms with van der Waals surface area (Å²) >= 11 is 0. The normalized spacial score (nSPS) is 19.1. The Labute approximate surface area is 113 Å². The number of halogens is 3. The number of benzene rings is 1. The molecule has 2 rings (SSSR count). The van der Waals surface area contributed by atoms with Gasteiger partial charge in [-0.25, -0.2) is 0 Å². The number of hydrogen-bond acceptors (Lipinski definition) is 2. The number of alkyl halides is 3. The Bertz CT molecular complexity index is 645. The predicted octanol–water partition coefficient (Wildman–Crippen LogP) is 3.45. The van der Waals surface area contributed by atoms with Crippen molar-refractivity contribution < 1.29 is 18.0 Å². The van der Waals surface area contributed by atoms with Crippen molar-refractivity contribution in [2.24, 2.45) is 5.92 Å². The number of rotatable bonds is 1. The van der Waals surface area contributed by atoms with Crippen molar-refractivity contribution in [2.75, 3.05) is 0 Å². The maximum absolute atomic E-state index is 13.0. The molecule has 101 valence electrons. The van der Waals surface area contributed by atoms with Gasteiger partial charge in [0, 0.05) is 6.08 Å². The van der Waals surface area contributed by atoms with Crippen molar-refractivity contribution in [3.63, 3.8) is 0 Å². The number of hydrogen-bond donors (Lipinski definition) is 0. The summed E-state index contributed by atoms with van der Waals surface area (Å²) in [5, 5.41) is 8.69. The number of Topliss-reactive ketones (excluding diaryl/α,β-unsaturated/α-hetero) is 1. The van der Waals surface area contributed by atoms with E-state index in [1.54, 1.807) is 0 Å². The Kier molecular flexibility index (Phi) is 3.49. The van der Waals surface area contributed by atoms with Crippen LogP contribution in [0.3, 0.4) is 0 Å². The summed E-state index contributed by atoms with van der Waals surface area (Å²) in [5.41, 5.74) is 0.873. The minimum atomic E-state index is -4.66. The van der Waals surface area contributed by atoms with Crippen molar-refractivity contribution in [3.05, 3.63) is 53.1 Å². The van der Waals surface area contributed by atoms with Gasteiger partial charge >= 0.3 is 6.18 Å². The second kappa shape index (κ2) is 4.97. The largest absolute Gasteiger partial charge is 0.402 e. The van der Waals surface area contributed by atoms with Gasteiger partial charge in [-0.1, -0.05) is 18.2 Å². The van der Waals surface area contributed by atoms with E-state index in [1.165, 1.54) is 37.3 Å². The molecule has 1 aromatic rings. The molecule has 1 radical (unpaired) electrons. The predicted molar refractivity (Wildman–Crippen MR) is 66.1 cm³/mol. The Balaban J connectivity index is 2.52. The Morgan fingerprint density at radius 1 is 1.25 bits per heavy atom. The lowest BCUT2D eigenvalue weighted by molar-refractivity contribution is -0.166. The number of carbonyl (C=O) groups is 1. The van der Waals surface area contributed by atoms with E-state index >= 15 is 0 Å². The van der Waals surface area contributed by atoms with Crippen molar-refractivity contribution in [1.29, 1.82) is 5.26 Å². The topological polar surface area (TPSA) is 40.9 Å². The average molecular weight is 276 g/mol. The number of ketones is 1. The summed E-state index contributed by atoms with van der Waals surface area (Å²) < 4.78 is 39.1. The standard InChI is InChI=1S/C15H9F3NO/c1-9-6-12(11-4-2-10(8-19)3-5-11)14(13(20)7-9)15(16,17)18/h2-6,14H,1H3/t14-/m1/s1. The van der Waals surface area contributed by atoms with Crippen molar-refractivity contribution >= 4 is 11.4 Å². The third kappa shape index (κ3) is 2.64. The molecule has 0 spiro atoms. The molecule has 0 heterocycles. The van der Waals surface area contributed by atoms with E-state index in [2.05, 4.69) is 6.08 Å². The second-order valence-corrected chi connectivity index (χ2v) is 4.44. The first-order chi connectivity index (χ1) is 9.32. The number of nitrogens with zero attached hydrogens (tertiary/aromatic N) is 1. The fourth-order valence-electron chi connectivity index (χ4n) is 2.07.